The first-order chi connectivity index (χ1) is 18.6. The molecule has 0 fully saturated rings. The molecule has 1 N–H and O–H groups in total. The topological polar surface area (TPSA) is 86.8 Å². The van der Waals surface area contributed by atoms with Gasteiger partial charge in [0.25, 0.3) is 10.0 Å². The molecular formula is C30H36ClN3O4S. The summed E-state index contributed by atoms with van der Waals surface area (Å²) >= 11 is 6.22. The van der Waals surface area contributed by atoms with Gasteiger partial charge in [0.1, 0.15) is 12.6 Å². The standard InChI is InChI=1S/C30H36ClN3O4S/c1-5-23(4)32-30(36)28(6-2)33(20-24-14-11-10-13-22(24)3)29(35)21-34(26-16-12-15-25(31)19-26)39(37,38)27-17-8-7-9-18-27/h7-19,23,28H,5-6,20-21H2,1-4H3,(H,32,36)/t23-,28-/m0/s1. The highest BCUT2D eigenvalue weighted by Crippen LogP contribution is 2.27. The fraction of sp³-hybridized carbons (Fsp3) is 0.333. The number of anilines is 1. The van der Waals surface area contributed by atoms with E-state index in [1.165, 1.54) is 23.1 Å². The predicted octanol–water partition coefficient (Wildman–Crippen LogP) is 5.57. The Morgan fingerprint density at radius 2 is 1.59 bits per heavy atom. The third kappa shape index (κ3) is 7.61. The van der Waals surface area contributed by atoms with Crippen molar-refractivity contribution in [3.8, 4) is 0 Å². The molecule has 0 heterocycles. The molecule has 3 rings (SSSR count). The molecule has 0 radical (unpaired) electrons. The first-order valence-corrected chi connectivity index (χ1v) is 14.9. The summed E-state index contributed by atoms with van der Waals surface area (Å²) in [5.41, 5.74) is 2.10. The average molecular weight is 570 g/mol. The van der Waals surface area contributed by atoms with Crippen LogP contribution in [-0.4, -0.2) is 43.8 Å². The molecule has 0 bridgehead atoms. The first kappa shape index (κ1) is 30.2. The number of aryl methyl sites for hydroxylation is 1. The molecule has 0 saturated heterocycles. The summed E-state index contributed by atoms with van der Waals surface area (Å²) in [6.45, 7) is 7.32. The van der Waals surface area contributed by atoms with Crippen LogP contribution >= 0.6 is 11.6 Å². The summed E-state index contributed by atoms with van der Waals surface area (Å²) < 4.78 is 28.7. The van der Waals surface area contributed by atoms with Crippen LogP contribution in [-0.2, 0) is 26.2 Å². The van der Waals surface area contributed by atoms with Gasteiger partial charge >= 0.3 is 0 Å². The van der Waals surface area contributed by atoms with E-state index < -0.39 is 28.5 Å². The Morgan fingerprint density at radius 1 is 0.923 bits per heavy atom. The highest BCUT2D eigenvalue weighted by atomic mass is 35.5. The smallest absolute Gasteiger partial charge is 0.264 e. The van der Waals surface area contributed by atoms with Gasteiger partial charge in [-0.1, -0.05) is 74.0 Å². The molecule has 2 atom stereocenters. The summed E-state index contributed by atoms with van der Waals surface area (Å²) in [6.07, 6.45) is 1.11. The van der Waals surface area contributed by atoms with Gasteiger partial charge in [0.05, 0.1) is 10.6 Å². The van der Waals surface area contributed by atoms with E-state index in [1.807, 2.05) is 52.0 Å². The molecule has 3 aromatic rings. The maximum absolute atomic E-state index is 14.1. The summed E-state index contributed by atoms with van der Waals surface area (Å²) in [5.74, 6) is -0.766. The summed E-state index contributed by atoms with van der Waals surface area (Å²) in [7, 11) is -4.13. The summed E-state index contributed by atoms with van der Waals surface area (Å²) in [4.78, 5) is 28.9. The van der Waals surface area contributed by atoms with Crippen LogP contribution in [0.15, 0.2) is 83.8 Å². The maximum atomic E-state index is 14.1. The molecule has 0 saturated carbocycles. The van der Waals surface area contributed by atoms with E-state index in [-0.39, 0.29) is 29.1 Å². The number of carbonyl (C=O) groups excluding carboxylic acids is 2. The van der Waals surface area contributed by atoms with Gasteiger partial charge < -0.3 is 10.2 Å². The van der Waals surface area contributed by atoms with Crippen molar-refractivity contribution in [3.63, 3.8) is 0 Å². The van der Waals surface area contributed by atoms with Crippen LogP contribution in [0.1, 0.15) is 44.7 Å². The van der Waals surface area contributed by atoms with Gasteiger partial charge in [-0.15, -0.1) is 0 Å². The van der Waals surface area contributed by atoms with E-state index >= 15 is 0 Å². The number of hydrogen-bond acceptors (Lipinski definition) is 4. The van der Waals surface area contributed by atoms with E-state index in [0.29, 0.717) is 11.4 Å². The molecule has 208 valence electrons. The monoisotopic (exact) mass is 569 g/mol. The van der Waals surface area contributed by atoms with Crippen LogP contribution < -0.4 is 9.62 Å². The Bertz CT molecular complexity index is 1380. The largest absolute Gasteiger partial charge is 0.352 e. The fourth-order valence-corrected chi connectivity index (χ4v) is 5.82. The van der Waals surface area contributed by atoms with Crippen molar-refractivity contribution in [1.29, 1.82) is 0 Å². The van der Waals surface area contributed by atoms with E-state index in [0.717, 1.165) is 21.9 Å². The Kier molecular flexibility index (Phi) is 10.5. The number of benzene rings is 3. The second-order valence-electron chi connectivity index (χ2n) is 9.49. The van der Waals surface area contributed by atoms with E-state index in [9.17, 15) is 18.0 Å². The van der Waals surface area contributed by atoms with Crippen molar-refractivity contribution in [3.05, 3.63) is 95.0 Å². The van der Waals surface area contributed by atoms with Crippen LogP contribution in [0, 0.1) is 6.92 Å². The lowest BCUT2D eigenvalue weighted by atomic mass is 10.1. The minimum absolute atomic E-state index is 0.0461. The SMILES string of the molecule is CC[C@H](C)NC(=O)[C@H](CC)N(Cc1ccccc1C)C(=O)CN(c1cccc(Cl)c1)S(=O)(=O)c1ccccc1. The number of carbonyl (C=O) groups is 2. The molecule has 0 aliphatic heterocycles. The Hall–Kier alpha value is -3.36. The number of nitrogens with zero attached hydrogens (tertiary/aromatic N) is 2. The molecule has 39 heavy (non-hydrogen) atoms. The lowest BCUT2D eigenvalue weighted by molar-refractivity contribution is -0.140. The molecular weight excluding hydrogens is 534 g/mol. The minimum atomic E-state index is -4.13. The number of halogens is 1. The number of sulfonamides is 1. The molecule has 2 amide bonds. The summed E-state index contributed by atoms with van der Waals surface area (Å²) in [5, 5.41) is 3.32. The quantitative estimate of drug-likeness (QED) is 0.309. The Balaban J connectivity index is 2.06. The molecule has 0 spiro atoms. The van der Waals surface area contributed by atoms with Crippen molar-refractivity contribution in [2.24, 2.45) is 0 Å². The fourth-order valence-electron chi connectivity index (χ4n) is 4.21. The van der Waals surface area contributed by atoms with E-state index in [4.69, 9.17) is 11.6 Å². The maximum Gasteiger partial charge on any atom is 0.264 e. The summed E-state index contributed by atoms with van der Waals surface area (Å²) in [6, 6.07) is 21.1. The van der Waals surface area contributed by atoms with Gasteiger partial charge in [0.2, 0.25) is 11.8 Å². The van der Waals surface area contributed by atoms with Crippen LogP contribution in [0.25, 0.3) is 0 Å². The van der Waals surface area contributed by atoms with Crippen molar-refractivity contribution >= 4 is 39.1 Å². The highest BCUT2D eigenvalue weighted by molar-refractivity contribution is 7.92. The number of hydrogen-bond donors (Lipinski definition) is 1. The van der Waals surface area contributed by atoms with Gasteiger partial charge in [0.15, 0.2) is 0 Å². The predicted molar refractivity (Wildman–Crippen MR) is 156 cm³/mol. The number of amides is 2. The number of rotatable bonds is 12. The van der Waals surface area contributed by atoms with Crippen LogP contribution in [0.5, 0.6) is 0 Å². The van der Waals surface area contributed by atoms with Crippen LogP contribution in [0.4, 0.5) is 5.69 Å². The third-order valence-electron chi connectivity index (χ3n) is 6.70. The van der Waals surface area contributed by atoms with E-state index in [1.54, 1.807) is 36.4 Å². The highest BCUT2D eigenvalue weighted by Gasteiger charge is 2.34. The van der Waals surface area contributed by atoms with Gasteiger partial charge in [-0.2, -0.15) is 0 Å². The van der Waals surface area contributed by atoms with Gasteiger partial charge in [-0.25, -0.2) is 8.42 Å². The molecule has 0 aliphatic rings. The first-order valence-electron chi connectivity index (χ1n) is 13.1. The molecule has 0 unspecified atom stereocenters. The lowest BCUT2D eigenvalue weighted by Gasteiger charge is -2.34. The lowest BCUT2D eigenvalue weighted by Crippen LogP contribution is -2.53. The van der Waals surface area contributed by atoms with Gasteiger partial charge in [0, 0.05) is 17.6 Å². The van der Waals surface area contributed by atoms with Crippen molar-refractivity contribution < 1.29 is 18.0 Å². The molecule has 0 aliphatic carbocycles. The molecule has 9 heteroatoms. The third-order valence-corrected chi connectivity index (χ3v) is 8.72. The zero-order valence-corrected chi connectivity index (χ0v) is 24.4. The Morgan fingerprint density at radius 3 is 2.21 bits per heavy atom. The zero-order valence-electron chi connectivity index (χ0n) is 22.8. The minimum Gasteiger partial charge on any atom is -0.352 e. The van der Waals surface area contributed by atoms with Gasteiger partial charge in [-0.3, -0.25) is 13.9 Å². The second kappa shape index (κ2) is 13.6. The van der Waals surface area contributed by atoms with Crippen molar-refractivity contribution in [2.45, 2.75) is 64.1 Å². The molecule has 7 nitrogen and oxygen atoms in total. The van der Waals surface area contributed by atoms with Crippen molar-refractivity contribution in [1.82, 2.24) is 10.2 Å². The van der Waals surface area contributed by atoms with Crippen LogP contribution in [0.3, 0.4) is 0 Å². The molecule has 3 aromatic carbocycles. The van der Waals surface area contributed by atoms with E-state index in [2.05, 4.69) is 5.32 Å². The normalized spacial score (nSPS) is 12.8. The average Bonchev–Trinajstić information content (AvgIpc) is 2.92. The van der Waals surface area contributed by atoms with Crippen LogP contribution in [0.2, 0.25) is 5.02 Å². The molecule has 0 aromatic heterocycles. The zero-order chi connectivity index (χ0) is 28.6. The number of nitrogens with one attached hydrogen (secondary N) is 1. The van der Waals surface area contributed by atoms with Gasteiger partial charge in [-0.05, 0) is 68.1 Å². The van der Waals surface area contributed by atoms with Crippen molar-refractivity contribution in [2.75, 3.05) is 10.8 Å². The Labute approximate surface area is 236 Å². The second-order valence-corrected chi connectivity index (χ2v) is 11.8.